The molecule has 1 aromatic carbocycles. The van der Waals surface area contributed by atoms with Gasteiger partial charge in [-0.1, -0.05) is 19.9 Å². The van der Waals surface area contributed by atoms with E-state index in [1.54, 1.807) is 0 Å². The molecule has 0 bridgehead atoms. The van der Waals surface area contributed by atoms with Crippen molar-refractivity contribution in [1.82, 2.24) is 19.8 Å². The van der Waals surface area contributed by atoms with Gasteiger partial charge in [-0.2, -0.15) is 0 Å². The Hall–Kier alpha value is -2.67. The largest absolute Gasteiger partial charge is 0.508 e. The number of phenols is 1. The van der Waals surface area contributed by atoms with Crippen molar-refractivity contribution in [3.63, 3.8) is 0 Å². The summed E-state index contributed by atoms with van der Waals surface area (Å²) in [6.45, 7) is 11.4. The first-order valence-corrected chi connectivity index (χ1v) is 14.6. The van der Waals surface area contributed by atoms with Gasteiger partial charge in [-0.05, 0) is 106 Å². The van der Waals surface area contributed by atoms with Gasteiger partial charge < -0.3 is 15.0 Å². The third-order valence-electron chi connectivity index (χ3n) is 10.7. The van der Waals surface area contributed by atoms with Crippen molar-refractivity contribution in [2.24, 2.45) is 17.3 Å². The number of hydrogen-bond acceptors (Lipinski definition) is 5. The van der Waals surface area contributed by atoms with Crippen LogP contribution in [0.3, 0.4) is 0 Å². The molecule has 0 radical (unpaired) electrons. The average molecular weight is 521 g/mol. The second-order valence-electron chi connectivity index (χ2n) is 12.1. The summed E-state index contributed by atoms with van der Waals surface area (Å²) < 4.78 is 0. The molecule has 206 valence electrons. The van der Waals surface area contributed by atoms with Gasteiger partial charge in [0.1, 0.15) is 11.4 Å². The lowest BCUT2D eigenvalue weighted by molar-refractivity contribution is -0.0593. The summed E-state index contributed by atoms with van der Waals surface area (Å²) in [4.78, 5) is 36.3. The predicted octanol–water partition coefficient (Wildman–Crippen LogP) is 4.75. The normalized spacial score (nSPS) is 30.1. The maximum Gasteiger partial charge on any atom is 0.273 e. The Morgan fingerprint density at radius 2 is 2.03 bits per heavy atom. The average Bonchev–Trinajstić information content (AvgIpc) is 3.68. The molecule has 2 N–H and O–H groups in total. The number of nitrogens with zero attached hydrogens (tertiary/aromatic N) is 3. The zero-order valence-corrected chi connectivity index (χ0v) is 23.7. The van der Waals surface area contributed by atoms with E-state index in [2.05, 4.69) is 48.6 Å². The number of carbonyl (C=O) groups is 1. The molecular weight excluding hydrogens is 476 g/mol. The van der Waals surface area contributed by atoms with Crippen LogP contribution in [0.5, 0.6) is 5.75 Å². The number of hydrogen-bond donors (Lipinski definition) is 2. The van der Waals surface area contributed by atoms with Crippen LogP contribution in [-0.4, -0.2) is 63.0 Å². The van der Waals surface area contributed by atoms with E-state index in [4.69, 9.17) is 0 Å². The molecule has 2 heterocycles. The summed E-state index contributed by atoms with van der Waals surface area (Å²) in [5.74, 6) is 1.22. The molecule has 7 heteroatoms. The lowest BCUT2D eigenvalue weighted by Gasteiger charge is -2.61. The standard InChI is InChI=1S/C31H44N4O3/c1-6-23-10-11-24(36)16-26(23)31-14-15-35(19-22-8-9-22)21(4)30(31,7-2)13-12-25(31)20(3)34(5)29(38)27-17-33-28(37)18-32-27/h10-11,16-18,20-22,25,36H,6-9,12-15,19H2,1-5H3,(H,33,37). The van der Waals surface area contributed by atoms with Crippen molar-refractivity contribution in [3.8, 4) is 5.75 Å². The molecular formula is C31H44N4O3. The van der Waals surface area contributed by atoms with Crippen molar-refractivity contribution in [3.05, 3.63) is 57.8 Å². The number of aryl methyl sites for hydroxylation is 1. The van der Waals surface area contributed by atoms with Gasteiger partial charge in [-0.15, -0.1) is 0 Å². The molecule has 5 unspecified atom stereocenters. The number of carbonyl (C=O) groups excluding carboxylic acids is 1. The molecule has 3 fully saturated rings. The van der Waals surface area contributed by atoms with Gasteiger partial charge in [0.2, 0.25) is 0 Å². The van der Waals surface area contributed by atoms with Crippen LogP contribution >= 0.6 is 0 Å². The second-order valence-corrected chi connectivity index (χ2v) is 12.1. The Kier molecular flexibility index (Phi) is 7.18. The van der Waals surface area contributed by atoms with Crippen LogP contribution in [0.4, 0.5) is 0 Å². The van der Waals surface area contributed by atoms with Crippen LogP contribution in [0, 0.1) is 17.3 Å². The molecule has 1 aliphatic heterocycles. The summed E-state index contributed by atoms with van der Waals surface area (Å²) >= 11 is 0. The number of phenolic OH excluding ortho intramolecular Hbond substituents is 1. The van der Waals surface area contributed by atoms with Crippen molar-refractivity contribution >= 4 is 5.91 Å². The molecule has 5 atom stereocenters. The highest BCUT2D eigenvalue weighted by atomic mass is 16.3. The first-order chi connectivity index (χ1) is 18.2. The Balaban J connectivity index is 1.60. The molecule has 0 spiro atoms. The van der Waals surface area contributed by atoms with Crippen LogP contribution in [-0.2, 0) is 11.8 Å². The minimum absolute atomic E-state index is 0.0427. The topological polar surface area (TPSA) is 89.5 Å². The number of amides is 1. The molecule has 38 heavy (non-hydrogen) atoms. The monoisotopic (exact) mass is 520 g/mol. The number of rotatable bonds is 8. The molecule has 1 aromatic heterocycles. The fourth-order valence-electron chi connectivity index (χ4n) is 8.44. The maximum atomic E-state index is 13.5. The van der Waals surface area contributed by atoms with E-state index in [0.29, 0.717) is 11.8 Å². The van der Waals surface area contributed by atoms with Gasteiger partial charge in [0, 0.05) is 37.3 Å². The minimum atomic E-state index is -0.317. The third-order valence-corrected chi connectivity index (χ3v) is 10.7. The number of fused-ring (bicyclic) bond motifs is 1. The fraction of sp³-hybridized carbons (Fsp3) is 0.645. The Labute approximate surface area is 226 Å². The predicted molar refractivity (Wildman–Crippen MR) is 149 cm³/mol. The highest BCUT2D eigenvalue weighted by molar-refractivity contribution is 5.92. The summed E-state index contributed by atoms with van der Waals surface area (Å²) in [7, 11) is 1.87. The number of aromatic amines is 1. The first-order valence-electron chi connectivity index (χ1n) is 14.6. The van der Waals surface area contributed by atoms with E-state index >= 15 is 0 Å². The lowest BCUT2D eigenvalue weighted by Crippen LogP contribution is -2.64. The number of aromatic hydroxyl groups is 1. The Bertz CT molecular complexity index is 1220. The summed E-state index contributed by atoms with van der Waals surface area (Å²) in [6, 6.07) is 6.36. The summed E-state index contributed by atoms with van der Waals surface area (Å²) in [6.07, 6.45) is 10.4. The molecule has 1 saturated heterocycles. The summed E-state index contributed by atoms with van der Waals surface area (Å²) in [5.41, 5.74) is 2.43. The van der Waals surface area contributed by atoms with Gasteiger partial charge in [0.05, 0.1) is 6.20 Å². The van der Waals surface area contributed by atoms with Crippen molar-refractivity contribution in [2.75, 3.05) is 20.1 Å². The van der Waals surface area contributed by atoms with Crippen LogP contribution < -0.4 is 5.56 Å². The molecule has 2 aliphatic carbocycles. The highest BCUT2D eigenvalue weighted by Gasteiger charge is 2.66. The quantitative estimate of drug-likeness (QED) is 0.525. The lowest BCUT2D eigenvalue weighted by atomic mass is 9.50. The van der Waals surface area contributed by atoms with Gasteiger partial charge in [-0.3, -0.25) is 14.5 Å². The van der Waals surface area contributed by atoms with E-state index < -0.39 is 0 Å². The van der Waals surface area contributed by atoms with Gasteiger partial charge >= 0.3 is 0 Å². The number of benzene rings is 1. The zero-order chi connectivity index (χ0) is 27.2. The van der Waals surface area contributed by atoms with E-state index in [1.165, 1.54) is 42.9 Å². The molecule has 7 nitrogen and oxygen atoms in total. The third kappa shape index (κ3) is 4.18. The fourth-order valence-corrected chi connectivity index (χ4v) is 8.44. The number of nitrogens with one attached hydrogen (secondary N) is 1. The highest BCUT2D eigenvalue weighted by Crippen LogP contribution is 2.67. The molecule has 1 amide bonds. The smallest absolute Gasteiger partial charge is 0.273 e. The molecule has 2 aromatic rings. The minimum Gasteiger partial charge on any atom is -0.508 e. The molecule has 3 aliphatic rings. The van der Waals surface area contributed by atoms with Gasteiger partial charge in [0.15, 0.2) is 0 Å². The molecule has 5 rings (SSSR count). The first kappa shape index (κ1) is 26.9. The second kappa shape index (κ2) is 10.1. The van der Waals surface area contributed by atoms with Crippen molar-refractivity contribution in [2.45, 2.75) is 90.1 Å². The van der Waals surface area contributed by atoms with E-state index in [0.717, 1.165) is 44.6 Å². The SMILES string of the molecule is CCc1ccc(O)cc1C12CCN(CC3CC3)C(C)C1(CC)CCC2C(C)N(C)C(=O)c1c[nH]c(=O)cn1. The van der Waals surface area contributed by atoms with Crippen LogP contribution in [0.1, 0.15) is 87.8 Å². The van der Waals surface area contributed by atoms with Crippen LogP contribution in [0.15, 0.2) is 35.4 Å². The molecule has 2 saturated carbocycles. The number of likely N-dealkylation sites (tertiary alicyclic amines) is 1. The summed E-state index contributed by atoms with van der Waals surface area (Å²) in [5, 5.41) is 10.8. The van der Waals surface area contributed by atoms with E-state index in [-0.39, 0.29) is 40.0 Å². The number of H-pyrrole nitrogens is 1. The number of piperidine rings is 1. The van der Waals surface area contributed by atoms with E-state index in [9.17, 15) is 14.7 Å². The van der Waals surface area contributed by atoms with Crippen molar-refractivity contribution in [1.29, 1.82) is 0 Å². The van der Waals surface area contributed by atoms with E-state index in [1.807, 2.05) is 24.1 Å². The van der Waals surface area contributed by atoms with Gasteiger partial charge in [-0.25, -0.2) is 4.98 Å². The van der Waals surface area contributed by atoms with Crippen molar-refractivity contribution < 1.29 is 9.90 Å². The maximum absolute atomic E-state index is 13.5. The number of aromatic nitrogens is 2. The van der Waals surface area contributed by atoms with Crippen LogP contribution in [0.2, 0.25) is 0 Å². The van der Waals surface area contributed by atoms with Crippen LogP contribution in [0.25, 0.3) is 0 Å². The van der Waals surface area contributed by atoms with Gasteiger partial charge in [0.25, 0.3) is 11.5 Å². The Morgan fingerprint density at radius 1 is 1.26 bits per heavy atom. The zero-order valence-electron chi connectivity index (χ0n) is 23.7. The Morgan fingerprint density at radius 3 is 2.66 bits per heavy atom.